The van der Waals surface area contributed by atoms with Crippen molar-refractivity contribution in [3.63, 3.8) is 0 Å². The summed E-state index contributed by atoms with van der Waals surface area (Å²) < 4.78 is 13.2. The van der Waals surface area contributed by atoms with Gasteiger partial charge in [-0.3, -0.25) is 4.79 Å². The maximum absolute atomic E-state index is 12.4. The van der Waals surface area contributed by atoms with Crippen LogP contribution >= 0.6 is 11.8 Å². The Morgan fingerprint density at radius 3 is 2.61 bits per heavy atom. The molecule has 2 aromatic carbocycles. The second kappa shape index (κ2) is 9.87. The summed E-state index contributed by atoms with van der Waals surface area (Å²) in [5, 5.41) is 12.1. The van der Waals surface area contributed by atoms with E-state index in [-0.39, 0.29) is 11.7 Å². The van der Waals surface area contributed by atoms with Crippen molar-refractivity contribution in [3.05, 3.63) is 48.5 Å². The second-order valence-electron chi connectivity index (χ2n) is 7.45. The molecule has 1 aliphatic rings. The Balaban J connectivity index is 1.36. The number of benzene rings is 2. The number of thioether (sulfide) groups is 1. The minimum Gasteiger partial charge on any atom is -0.495 e. The molecule has 1 fully saturated rings. The minimum atomic E-state index is -0.132. The number of hydrogen-bond acceptors (Lipinski definition) is 6. The van der Waals surface area contributed by atoms with Gasteiger partial charge in [-0.1, -0.05) is 23.9 Å². The lowest BCUT2D eigenvalue weighted by atomic mass is 10.2. The van der Waals surface area contributed by atoms with E-state index in [1.165, 1.54) is 24.6 Å². The summed E-state index contributed by atoms with van der Waals surface area (Å²) in [6.07, 6.45) is 5.11. The highest BCUT2D eigenvalue weighted by Gasteiger charge is 2.17. The zero-order chi connectivity index (χ0) is 21.6. The zero-order valence-electron chi connectivity index (χ0n) is 17.7. The molecule has 1 N–H and O–H groups in total. The number of methoxy groups -OCH3 is 1. The number of amides is 1. The first-order valence-electron chi connectivity index (χ1n) is 10.4. The minimum absolute atomic E-state index is 0.132. The summed E-state index contributed by atoms with van der Waals surface area (Å²) in [4.78, 5) is 12.4. The van der Waals surface area contributed by atoms with E-state index < -0.39 is 0 Å². The first-order valence-corrected chi connectivity index (χ1v) is 11.3. The van der Waals surface area contributed by atoms with Crippen molar-refractivity contribution in [1.82, 2.24) is 14.8 Å². The first kappa shape index (κ1) is 21.2. The molecule has 1 aromatic heterocycles. The highest BCUT2D eigenvalue weighted by Crippen LogP contribution is 2.28. The Labute approximate surface area is 186 Å². The lowest BCUT2D eigenvalue weighted by molar-refractivity contribution is -0.113. The molecule has 0 atom stereocenters. The second-order valence-corrected chi connectivity index (χ2v) is 8.39. The smallest absolute Gasteiger partial charge is 0.234 e. The van der Waals surface area contributed by atoms with Crippen molar-refractivity contribution >= 4 is 23.4 Å². The lowest BCUT2D eigenvalue weighted by Gasteiger charge is -2.13. The number of nitrogens with one attached hydrogen (secondary N) is 1. The number of anilines is 1. The summed E-state index contributed by atoms with van der Waals surface area (Å²) in [6.45, 7) is 0. The molecular formula is C23H26N4O3S. The van der Waals surface area contributed by atoms with Crippen molar-refractivity contribution < 1.29 is 14.3 Å². The monoisotopic (exact) mass is 438 g/mol. The van der Waals surface area contributed by atoms with Crippen molar-refractivity contribution in [2.45, 2.75) is 36.9 Å². The molecule has 0 radical (unpaired) electrons. The molecule has 1 amide bonds. The Kier molecular flexibility index (Phi) is 6.76. The number of aromatic nitrogens is 3. The summed E-state index contributed by atoms with van der Waals surface area (Å²) >= 11 is 1.34. The van der Waals surface area contributed by atoms with Crippen LogP contribution in [-0.2, 0) is 11.8 Å². The van der Waals surface area contributed by atoms with Gasteiger partial charge < -0.3 is 19.4 Å². The first-order chi connectivity index (χ1) is 15.1. The van der Waals surface area contributed by atoms with Crippen LogP contribution in [0.25, 0.3) is 11.4 Å². The van der Waals surface area contributed by atoms with E-state index in [9.17, 15) is 4.79 Å². The number of para-hydroxylation sites is 2. The number of rotatable bonds is 8. The van der Waals surface area contributed by atoms with Gasteiger partial charge in [0.25, 0.3) is 0 Å². The van der Waals surface area contributed by atoms with Gasteiger partial charge in [-0.05, 0) is 62.1 Å². The number of carbonyl (C=O) groups excluding carboxylic acids is 1. The molecular weight excluding hydrogens is 412 g/mol. The average molecular weight is 439 g/mol. The molecule has 7 nitrogen and oxygen atoms in total. The molecule has 1 heterocycles. The van der Waals surface area contributed by atoms with Crippen LogP contribution in [0.2, 0.25) is 0 Å². The maximum Gasteiger partial charge on any atom is 0.234 e. The molecule has 0 unspecified atom stereocenters. The molecule has 162 valence electrons. The molecule has 0 spiro atoms. The molecule has 8 heteroatoms. The highest BCUT2D eigenvalue weighted by molar-refractivity contribution is 7.99. The number of carbonyl (C=O) groups is 1. The average Bonchev–Trinajstić information content (AvgIpc) is 3.43. The lowest BCUT2D eigenvalue weighted by Crippen LogP contribution is -2.15. The zero-order valence-corrected chi connectivity index (χ0v) is 18.5. The number of ether oxygens (including phenoxy) is 2. The predicted octanol–water partition coefficient (Wildman–Crippen LogP) is 4.54. The van der Waals surface area contributed by atoms with Crippen molar-refractivity contribution in [2.24, 2.45) is 7.05 Å². The fourth-order valence-electron chi connectivity index (χ4n) is 3.64. The molecule has 0 aliphatic heterocycles. The number of hydrogen-bond donors (Lipinski definition) is 1. The molecule has 3 aromatic rings. The third-order valence-electron chi connectivity index (χ3n) is 5.27. The van der Waals surface area contributed by atoms with Gasteiger partial charge in [0.05, 0.1) is 24.7 Å². The summed E-state index contributed by atoms with van der Waals surface area (Å²) in [6, 6.07) is 15.3. The van der Waals surface area contributed by atoms with Crippen molar-refractivity contribution in [1.29, 1.82) is 0 Å². The van der Waals surface area contributed by atoms with E-state index >= 15 is 0 Å². The third kappa shape index (κ3) is 5.19. The van der Waals surface area contributed by atoms with Crippen LogP contribution in [0.4, 0.5) is 5.69 Å². The van der Waals surface area contributed by atoms with Gasteiger partial charge in [-0.15, -0.1) is 10.2 Å². The van der Waals surface area contributed by atoms with Crippen LogP contribution in [0.1, 0.15) is 25.7 Å². The van der Waals surface area contributed by atoms with Crippen molar-refractivity contribution in [2.75, 3.05) is 18.2 Å². The van der Waals surface area contributed by atoms with Crippen LogP contribution in [0.5, 0.6) is 11.5 Å². The van der Waals surface area contributed by atoms with E-state index in [1.54, 1.807) is 7.11 Å². The topological polar surface area (TPSA) is 78.3 Å². The normalized spacial score (nSPS) is 13.9. The Bertz CT molecular complexity index is 1030. The van der Waals surface area contributed by atoms with Crippen LogP contribution in [0.3, 0.4) is 0 Å². The fourth-order valence-corrected chi connectivity index (χ4v) is 4.35. The van der Waals surface area contributed by atoms with E-state index in [4.69, 9.17) is 9.47 Å². The number of nitrogens with zero attached hydrogens (tertiary/aromatic N) is 3. The maximum atomic E-state index is 12.4. The molecule has 31 heavy (non-hydrogen) atoms. The Morgan fingerprint density at radius 2 is 1.87 bits per heavy atom. The third-order valence-corrected chi connectivity index (χ3v) is 6.29. The van der Waals surface area contributed by atoms with E-state index in [0.29, 0.717) is 22.7 Å². The summed E-state index contributed by atoms with van der Waals surface area (Å²) in [5.74, 6) is 2.35. The van der Waals surface area contributed by atoms with Gasteiger partial charge in [-0.25, -0.2) is 0 Å². The Morgan fingerprint density at radius 1 is 1.13 bits per heavy atom. The van der Waals surface area contributed by atoms with Gasteiger partial charge in [0.2, 0.25) is 5.91 Å². The van der Waals surface area contributed by atoms with Crippen LogP contribution in [-0.4, -0.2) is 39.6 Å². The quantitative estimate of drug-likeness (QED) is 0.520. The molecule has 1 aliphatic carbocycles. The van der Waals surface area contributed by atoms with Crippen LogP contribution in [0, 0.1) is 0 Å². The molecule has 0 bridgehead atoms. The molecule has 0 saturated heterocycles. The highest BCUT2D eigenvalue weighted by atomic mass is 32.2. The summed E-state index contributed by atoms with van der Waals surface area (Å²) in [7, 11) is 3.48. The fraction of sp³-hybridized carbons (Fsp3) is 0.348. The largest absolute Gasteiger partial charge is 0.495 e. The van der Waals surface area contributed by atoms with Gasteiger partial charge in [0.1, 0.15) is 11.5 Å². The standard InChI is InChI=1S/C23H26N4O3S/c1-27-22(16-11-13-18(14-12-16)30-17-7-3-4-8-17)25-26-23(27)31-15-21(28)24-19-9-5-6-10-20(19)29-2/h5-6,9-14,17H,3-4,7-8,15H2,1-2H3,(H,24,28). The van der Waals surface area contributed by atoms with E-state index in [1.807, 2.05) is 60.1 Å². The van der Waals surface area contributed by atoms with Crippen LogP contribution in [0.15, 0.2) is 53.7 Å². The predicted molar refractivity (Wildman–Crippen MR) is 122 cm³/mol. The van der Waals surface area contributed by atoms with Gasteiger partial charge in [-0.2, -0.15) is 0 Å². The van der Waals surface area contributed by atoms with Gasteiger partial charge in [0, 0.05) is 12.6 Å². The van der Waals surface area contributed by atoms with Gasteiger partial charge in [0.15, 0.2) is 11.0 Å². The molecule has 1 saturated carbocycles. The van der Waals surface area contributed by atoms with E-state index in [2.05, 4.69) is 15.5 Å². The summed E-state index contributed by atoms with van der Waals surface area (Å²) in [5.41, 5.74) is 1.60. The van der Waals surface area contributed by atoms with E-state index in [0.717, 1.165) is 30.0 Å². The van der Waals surface area contributed by atoms with Crippen molar-refractivity contribution in [3.8, 4) is 22.9 Å². The molecule has 4 rings (SSSR count). The van der Waals surface area contributed by atoms with Crippen LogP contribution < -0.4 is 14.8 Å². The Hall–Kier alpha value is -3.00. The van der Waals surface area contributed by atoms with Gasteiger partial charge >= 0.3 is 0 Å². The SMILES string of the molecule is COc1ccccc1NC(=O)CSc1nnc(-c2ccc(OC3CCCC3)cc2)n1C.